The molecule has 0 aliphatic rings. The summed E-state index contributed by atoms with van der Waals surface area (Å²) >= 11 is 0. The maximum absolute atomic E-state index is 12.5. The predicted molar refractivity (Wildman–Crippen MR) is 49.9 cm³/mol. The van der Waals surface area contributed by atoms with E-state index in [0.29, 0.717) is 5.56 Å². The third-order valence-electron chi connectivity index (χ3n) is 1.73. The molecule has 1 heterocycles. The van der Waals surface area contributed by atoms with Crippen LogP contribution >= 0.6 is 0 Å². The molecule has 0 spiro atoms. The summed E-state index contributed by atoms with van der Waals surface area (Å²) in [4.78, 5) is 11.4. The number of aromatic nitrogens is 2. The Labute approximate surface area is 84.7 Å². The number of rotatable bonds is 2. The molecule has 2 aromatic rings. The first-order valence-electron chi connectivity index (χ1n) is 4.24. The van der Waals surface area contributed by atoms with E-state index in [4.69, 9.17) is 4.74 Å². The highest BCUT2D eigenvalue weighted by Crippen LogP contribution is 2.09. The Bertz CT molecular complexity index is 467. The number of hydrogen-bond acceptors (Lipinski definition) is 3. The summed E-state index contributed by atoms with van der Waals surface area (Å²) < 4.78 is 17.3. The van der Waals surface area contributed by atoms with Gasteiger partial charge in [0.05, 0.1) is 11.6 Å². The summed E-state index contributed by atoms with van der Waals surface area (Å²) in [7, 11) is 0. The molecular weight excluding hydrogens is 199 g/mol. The van der Waals surface area contributed by atoms with E-state index in [9.17, 15) is 9.18 Å². The molecule has 1 N–H and O–H groups in total. The van der Waals surface area contributed by atoms with E-state index in [0.717, 1.165) is 6.07 Å². The zero-order chi connectivity index (χ0) is 10.7. The first-order valence-corrected chi connectivity index (χ1v) is 4.24. The average Bonchev–Trinajstić information content (AvgIpc) is 2.65. The van der Waals surface area contributed by atoms with E-state index >= 15 is 0 Å². The molecule has 0 amide bonds. The fourth-order valence-corrected chi connectivity index (χ4v) is 1.06. The highest BCUT2D eigenvalue weighted by Gasteiger charge is 2.09. The molecule has 0 aliphatic carbocycles. The lowest BCUT2D eigenvalue weighted by molar-refractivity contribution is 0.0727. The van der Waals surface area contributed by atoms with Gasteiger partial charge >= 0.3 is 5.97 Å². The highest BCUT2D eigenvalue weighted by molar-refractivity contribution is 5.90. The van der Waals surface area contributed by atoms with Gasteiger partial charge in [-0.3, -0.25) is 0 Å². The summed E-state index contributed by atoms with van der Waals surface area (Å²) in [5.74, 6) is -1.30. The van der Waals surface area contributed by atoms with Crippen molar-refractivity contribution >= 4 is 5.97 Å². The van der Waals surface area contributed by atoms with Gasteiger partial charge in [0.15, 0.2) is 0 Å². The Kier molecular flexibility index (Phi) is 2.45. The number of H-pyrrole nitrogens is 1. The molecule has 0 atom stereocenters. The molecule has 0 unspecified atom stereocenters. The van der Waals surface area contributed by atoms with Crippen molar-refractivity contribution in [2.75, 3.05) is 0 Å². The van der Waals surface area contributed by atoms with Crippen molar-refractivity contribution in [3.8, 4) is 5.88 Å². The summed E-state index contributed by atoms with van der Waals surface area (Å²) in [6.07, 6.45) is 0. The lowest BCUT2D eigenvalue weighted by atomic mass is 10.2. The van der Waals surface area contributed by atoms with Crippen LogP contribution in [-0.2, 0) is 0 Å². The van der Waals surface area contributed by atoms with Crippen LogP contribution in [0.4, 0.5) is 4.39 Å². The number of carbonyl (C=O) groups is 1. The van der Waals surface area contributed by atoms with Gasteiger partial charge in [-0.05, 0) is 12.1 Å². The third-order valence-corrected chi connectivity index (χ3v) is 1.73. The van der Waals surface area contributed by atoms with E-state index in [2.05, 4.69) is 5.10 Å². The zero-order valence-electron chi connectivity index (χ0n) is 7.61. The van der Waals surface area contributed by atoms with Crippen LogP contribution in [-0.4, -0.2) is 16.2 Å². The molecule has 1 aromatic carbocycles. The van der Waals surface area contributed by atoms with Crippen molar-refractivity contribution in [1.29, 1.82) is 0 Å². The summed E-state index contributed by atoms with van der Waals surface area (Å²) in [6.45, 7) is 0. The number of benzene rings is 1. The quantitative estimate of drug-likeness (QED) is 0.762. The van der Waals surface area contributed by atoms with Gasteiger partial charge in [-0.25, -0.2) is 9.89 Å². The Morgan fingerprint density at radius 1 is 1.33 bits per heavy atom. The number of aromatic amines is 1. The second-order valence-corrected chi connectivity index (χ2v) is 2.81. The Morgan fingerprint density at radius 2 is 2.07 bits per heavy atom. The molecule has 0 radical (unpaired) electrons. The van der Waals surface area contributed by atoms with Crippen LogP contribution < -0.4 is 4.74 Å². The molecule has 0 aliphatic heterocycles. The lowest BCUT2D eigenvalue weighted by Crippen LogP contribution is -2.08. The van der Waals surface area contributed by atoms with Gasteiger partial charge in [-0.1, -0.05) is 18.2 Å². The molecule has 76 valence electrons. The summed E-state index contributed by atoms with van der Waals surface area (Å²) in [5, 5.41) is 5.47. The van der Waals surface area contributed by atoms with Crippen molar-refractivity contribution in [1.82, 2.24) is 10.2 Å². The summed E-state index contributed by atoms with van der Waals surface area (Å²) in [5.41, 5.74) is 0.390. The molecule has 0 saturated heterocycles. The number of halogens is 1. The van der Waals surface area contributed by atoms with Crippen molar-refractivity contribution in [3.05, 3.63) is 47.9 Å². The molecule has 2 rings (SSSR count). The van der Waals surface area contributed by atoms with Gasteiger partial charge in [0.1, 0.15) is 0 Å². The molecule has 0 saturated carbocycles. The predicted octanol–water partition coefficient (Wildman–Crippen LogP) is 1.77. The standard InChI is InChI=1S/C10H7FN2O2/c11-8-6-9(13-12-8)15-10(14)7-4-2-1-3-5-7/h1-6H,(H,12,13). The monoisotopic (exact) mass is 206 g/mol. The molecule has 4 nitrogen and oxygen atoms in total. The second-order valence-electron chi connectivity index (χ2n) is 2.81. The normalized spacial score (nSPS) is 9.93. The van der Waals surface area contributed by atoms with Gasteiger partial charge in [-0.15, -0.1) is 5.10 Å². The van der Waals surface area contributed by atoms with Crippen LogP contribution in [0.5, 0.6) is 5.88 Å². The van der Waals surface area contributed by atoms with E-state index < -0.39 is 11.9 Å². The van der Waals surface area contributed by atoms with E-state index in [1.54, 1.807) is 30.3 Å². The number of carbonyl (C=O) groups excluding carboxylic acids is 1. The largest absolute Gasteiger partial charge is 0.402 e. The van der Waals surface area contributed by atoms with Gasteiger partial charge in [-0.2, -0.15) is 4.39 Å². The zero-order valence-corrected chi connectivity index (χ0v) is 7.61. The van der Waals surface area contributed by atoms with Crippen LogP contribution in [0.15, 0.2) is 36.4 Å². The van der Waals surface area contributed by atoms with Crippen molar-refractivity contribution < 1.29 is 13.9 Å². The minimum Gasteiger partial charge on any atom is -0.402 e. The molecule has 15 heavy (non-hydrogen) atoms. The van der Waals surface area contributed by atoms with Gasteiger partial charge in [0, 0.05) is 0 Å². The molecule has 5 heteroatoms. The maximum atomic E-state index is 12.5. The fourth-order valence-electron chi connectivity index (χ4n) is 1.06. The first kappa shape index (κ1) is 9.39. The van der Waals surface area contributed by atoms with Crippen LogP contribution in [0.2, 0.25) is 0 Å². The number of esters is 1. The van der Waals surface area contributed by atoms with Crippen LogP contribution in [0.3, 0.4) is 0 Å². The minimum absolute atomic E-state index is 0.0821. The maximum Gasteiger partial charge on any atom is 0.344 e. The Morgan fingerprint density at radius 3 is 2.67 bits per heavy atom. The third kappa shape index (κ3) is 2.19. The van der Waals surface area contributed by atoms with Crippen molar-refractivity contribution in [2.45, 2.75) is 0 Å². The molecular formula is C10H7FN2O2. The second kappa shape index (κ2) is 3.91. The smallest absolute Gasteiger partial charge is 0.344 e. The summed E-state index contributed by atoms with van der Waals surface area (Å²) in [6, 6.07) is 9.41. The van der Waals surface area contributed by atoms with Crippen molar-refractivity contribution in [3.63, 3.8) is 0 Å². The van der Waals surface area contributed by atoms with E-state index in [1.807, 2.05) is 5.10 Å². The van der Waals surface area contributed by atoms with E-state index in [-0.39, 0.29) is 5.88 Å². The number of nitrogens with one attached hydrogen (secondary N) is 1. The molecule has 0 fully saturated rings. The average molecular weight is 206 g/mol. The van der Waals surface area contributed by atoms with Gasteiger partial charge in [0.25, 0.3) is 0 Å². The number of ether oxygens (including phenoxy) is 1. The van der Waals surface area contributed by atoms with Gasteiger partial charge in [0.2, 0.25) is 11.8 Å². The van der Waals surface area contributed by atoms with Crippen LogP contribution in [0.25, 0.3) is 0 Å². The lowest BCUT2D eigenvalue weighted by Gasteiger charge is -1.98. The highest BCUT2D eigenvalue weighted by atomic mass is 19.1. The fraction of sp³-hybridized carbons (Fsp3) is 0. The first-order chi connectivity index (χ1) is 7.25. The van der Waals surface area contributed by atoms with Crippen molar-refractivity contribution in [2.24, 2.45) is 0 Å². The van der Waals surface area contributed by atoms with Crippen LogP contribution in [0, 0.1) is 5.95 Å². The number of nitrogens with zero attached hydrogens (tertiary/aromatic N) is 1. The molecule has 0 bridgehead atoms. The van der Waals surface area contributed by atoms with E-state index in [1.165, 1.54) is 0 Å². The van der Waals surface area contributed by atoms with Crippen LogP contribution in [0.1, 0.15) is 10.4 Å². The Hall–Kier alpha value is -2.17. The molecule has 1 aromatic heterocycles. The Balaban J connectivity index is 2.11. The minimum atomic E-state index is -0.647. The SMILES string of the molecule is O=C(Oc1cc(F)[nH]n1)c1ccccc1. The topological polar surface area (TPSA) is 55.0 Å². The van der Waals surface area contributed by atoms with Gasteiger partial charge < -0.3 is 4.74 Å². The number of hydrogen-bond donors (Lipinski definition) is 1.